The molecule has 2 aromatic rings. The number of thiazole rings is 1. The Bertz CT molecular complexity index is 667. The van der Waals surface area contributed by atoms with Gasteiger partial charge < -0.3 is 10.1 Å². The third-order valence-corrected chi connectivity index (χ3v) is 4.09. The fourth-order valence-corrected chi connectivity index (χ4v) is 2.78. The molecule has 1 aromatic heterocycles. The maximum Gasteiger partial charge on any atom is 0.337 e. The Kier molecular flexibility index (Phi) is 5.66. The molecule has 0 fully saturated rings. The molecule has 1 amide bonds. The van der Waals surface area contributed by atoms with Crippen molar-refractivity contribution in [3.8, 4) is 0 Å². The minimum Gasteiger partial charge on any atom is -0.465 e. The van der Waals surface area contributed by atoms with Gasteiger partial charge in [0.15, 0.2) is 0 Å². The lowest BCUT2D eigenvalue weighted by Gasteiger charge is -2.06. The molecule has 2 rings (SSSR count). The lowest BCUT2D eigenvalue weighted by atomic mass is 10.1. The molecule has 0 bridgehead atoms. The van der Waals surface area contributed by atoms with Crippen LogP contribution in [0, 0.1) is 6.92 Å². The van der Waals surface area contributed by atoms with Gasteiger partial charge in [0.05, 0.1) is 17.7 Å². The van der Waals surface area contributed by atoms with Crippen molar-refractivity contribution in [1.82, 2.24) is 10.3 Å². The summed E-state index contributed by atoms with van der Waals surface area (Å²) in [6.07, 6.45) is 1.68. The summed E-state index contributed by atoms with van der Waals surface area (Å²) in [4.78, 5) is 27.9. The number of esters is 1. The number of hydrogen-bond acceptors (Lipinski definition) is 5. The topological polar surface area (TPSA) is 68.3 Å². The standard InChI is InChI=1S/C16H18N2O3S/c1-11-10-22-14(18-11)7-4-8-17-15(19)12-5-3-6-13(9-12)16(20)21-2/h3,5-6,9-10H,4,7-8H2,1-2H3,(H,17,19). The number of hydrogen-bond donors (Lipinski definition) is 1. The highest BCUT2D eigenvalue weighted by molar-refractivity contribution is 7.09. The number of rotatable bonds is 6. The van der Waals surface area contributed by atoms with E-state index in [-0.39, 0.29) is 5.91 Å². The molecule has 0 aliphatic carbocycles. The van der Waals surface area contributed by atoms with Gasteiger partial charge in [0.2, 0.25) is 0 Å². The molecule has 22 heavy (non-hydrogen) atoms. The Balaban J connectivity index is 1.83. The lowest BCUT2D eigenvalue weighted by molar-refractivity contribution is 0.0600. The van der Waals surface area contributed by atoms with E-state index in [4.69, 9.17) is 0 Å². The zero-order valence-electron chi connectivity index (χ0n) is 12.6. The first kappa shape index (κ1) is 16.2. The van der Waals surface area contributed by atoms with E-state index in [2.05, 4.69) is 15.0 Å². The van der Waals surface area contributed by atoms with E-state index in [1.807, 2.05) is 12.3 Å². The van der Waals surface area contributed by atoms with E-state index in [1.165, 1.54) is 13.2 Å². The highest BCUT2D eigenvalue weighted by atomic mass is 32.1. The first-order chi connectivity index (χ1) is 10.6. The van der Waals surface area contributed by atoms with Gasteiger partial charge in [-0.2, -0.15) is 0 Å². The first-order valence-electron chi connectivity index (χ1n) is 6.97. The Morgan fingerprint density at radius 2 is 2.09 bits per heavy atom. The molecule has 6 heteroatoms. The third-order valence-electron chi connectivity index (χ3n) is 3.07. The van der Waals surface area contributed by atoms with Crippen LogP contribution in [0.4, 0.5) is 0 Å². The second-order valence-corrected chi connectivity index (χ2v) is 5.76. The minimum absolute atomic E-state index is 0.193. The fourth-order valence-electron chi connectivity index (χ4n) is 1.97. The fraction of sp³-hybridized carbons (Fsp3) is 0.312. The number of methoxy groups -OCH3 is 1. The first-order valence-corrected chi connectivity index (χ1v) is 7.85. The molecule has 0 unspecified atom stereocenters. The average Bonchev–Trinajstić information content (AvgIpc) is 2.96. The second-order valence-electron chi connectivity index (χ2n) is 4.81. The Labute approximate surface area is 133 Å². The number of carbonyl (C=O) groups excluding carboxylic acids is 2. The van der Waals surface area contributed by atoms with Crippen LogP contribution >= 0.6 is 11.3 Å². The average molecular weight is 318 g/mol. The number of ether oxygens (including phenoxy) is 1. The van der Waals surface area contributed by atoms with Gasteiger partial charge in [0.1, 0.15) is 0 Å². The van der Waals surface area contributed by atoms with Crippen molar-refractivity contribution < 1.29 is 14.3 Å². The molecule has 0 radical (unpaired) electrons. The van der Waals surface area contributed by atoms with Gasteiger partial charge in [-0.25, -0.2) is 9.78 Å². The quantitative estimate of drug-likeness (QED) is 0.656. The van der Waals surface area contributed by atoms with Crippen LogP contribution in [0.5, 0.6) is 0 Å². The maximum absolute atomic E-state index is 12.0. The highest BCUT2D eigenvalue weighted by Gasteiger charge is 2.10. The number of aryl methyl sites for hydroxylation is 2. The summed E-state index contributed by atoms with van der Waals surface area (Å²) >= 11 is 1.64. The van der Waals surface area contributed by atoms with Crippen molar-refractivity contribution in [2.75, 3.05) is 13.7 Å². The van der Waals surface area contributed by atoms with Crippen molar-refractivity contribution in [3.05, 3.63) is 51.5 Å². The molecular weight excluding hydrogens is 300 g/mol. The molecule has 116 valence electrons. The molecular formula is C16H18N2O3S. The predicted octanol–water partition coefficient (Wildman–Crippen LogP) is 2.60. The Morgan fingerprint density at radius 3 is 2.77 bits per heavy atom. The second kappa shape index (κ2) is 7.70. The summed E-state index contributed by atoms with van der Waals surface area (Å²) in [5.41, 5.74) is 1.85. The van der Waals surface area contributed by atoms with Crippen LogP contribution in [0.15, 0.2) is 29.6 Å². The van der Waals surface area contributed by atoms with Gasteiger partial charge in [-0.15, -0.1) is 11.3 Å². The number of nitrogens with zero attached hydrogens (tertiary/aromatic N) is 1. The molecule has 1 heterocycles. The summed E-state index contributed by atoms with van der Waals surface area (Å²) in [6.45, 7) is 2.54. The van der Waals surface area contributed by atoms with Crippen molar-refractivity contribution >= 4 is 23.2 Å². The van der Waals surface area contributed by atoms with Crippen LogP contribution in [0.1, 0.15) is 37.8 Å². The summed E-state index contributed by atoms with van der Waals surface area (Å²) in [7, 11) is 1.31. The Morgan fingerprint density at radius 1 is 1.32 bits per heavy atom. The van der Waals surface area contributed by atoms with Crippen LogP contribution < -0.4 is 5.32 Å². The molecule has 0 saturated carbocycles. The lowest BCUT2D eigenvalue weighted by Crippen LogP contribution is -2.25. The van der Waals surface area contributed by atoms with E-state index >= 15 is 0 Å². The minimum atomic E-state index is -0.450. The predicted molar refractivity (Wildman–Crippen MR) is 85.3 cm³/mol. The molecule has 0 aliphatic rings. The van der Waals surface area contributed by atoms with Gasteiger partial charge in [0, 0.05) is 29.6 Å². The van der Waals surface area contributed by atoms with Crippen LogP contribution in [0.3, 0.4) is 0 Å². The highest BCUT2D eigenvalue weighted by Crippen LogP contribution is 2.10. The Hall–Kier alpha value is -2.21. The summed E-state index contributed by atoms with van der Waals surface area (Å²) < 4.78 is 4.64. The van der Waals surface area contributed by atoms with Crippen molar-refractivity contribution in [1.29, 1.82) is 0 Å². The van der Waals surface area contributed by atoms with Gasteiger partial charge in [0.25, 0.3) is 5.91 Å². The van der Waals surface area contributed by atoms with Crippen molar-refractivity contribution in [3.63, 3.8) is 0 Å². The molecule has 1 N–H and O–H groups in total. The zero-order chi connectivity index (χ0) is 15.9. The summed E-state index contributed by atoms with van der Waals surface area (Å²) in [5, 5.41) is 5.95. The number of aromatic nitrogens is 1. The van der Waals surface area contributed by atoms with Crippen LogP contribution in [0.2, 0.25) is 0 Å². The van der Waals surface area contributed by atoms with E-state index < -0.39 is 5.97 Å². The van der Waals surface area contributed by atoms with E-state index in [9.17, 15) is 9.59 Å². The van der Waals surface area contributed by atoms with E-state index in [0.29, 0.717) is 17.7 Å². The normalized spacial score (nSPS) is 10.3. The summed E-state index contributed by atoms with van der Waals surface area (Å²) in [6, 6.07) is 6.49. The molecule has 0 atom stereocenters. The smallest absolute Gasteiger partial charge is 0.337 e. The van der Waals surface area contributed by atoms with Crippen molar-refractivity contribution in [2.24, 2.45) is 0 Å². The monoisotopic (exact) mass is 318 g/mol. The van der Waals surface area contributed by atoms with Gasteiger partial charge in [-0.05, 0) is 31.5 Å². The molecule has 5 nitrogen and oxygen atoms in total. The molecule has 0 aliphatic heterocycles. The summed E-state index contributed by atoms with van der Waals surface area (Å²) in [5.74, 6) is -0.644. The molecule has 0 saturated heterocycles. The maximum atomic E-state index is 12.0. The van der Waals surface area contributed by atoms with Crippen LogP contribution in [0.25, 0.3) is 0 Å². The van der Waals surface area contributed by atoms with Crippen LogP contribution in [-0.2, 0) is 11.2 Å². The van der Waals surface area contributed by atoms with Gasteiger partial charge in [-0.3, -0.25) is 4.79 Å². The number of amides is 1. The number of nitrogens with one attached hydrogen (secondary N) is 1. The van der Waals surface area contributed by atoms with Gasteiger partial charge in [-0.1, -0.05) is 6.07 Å². The third kappa shape index (κ3) is 4.39. The van der Waals surface area contributed by atoms with Gasteiger partial charge >= 0.3 is 5.97 Å². The van der Waals surface area contributed by atoms with Crippen LogP contribution in [-0.4, -0.2) is 30.5 Å². The SMILES string of the molecule is COC(=O)c1cccc(C(=O)NCCCc2nc(C)cs2)c1. The van der Waals surface area contributed by atoms with E-state index in [1.54, 1.807) is 29.5 Å². The number of carbonyl (C=O) groups is 2. The molecule has 0 spiro atoms. The zero-order valence-corrected chi connectivity index (χ0v) is 13.4. The largest absolute Gasteiger partial charge is 0.465 e. The number of benzene rings is 1. The van der Waals surface area contributed by atoms with E-state index in [0.717, 1.165) is 23.5 Å². The molecule has 1 aromatic carbocycles. The van der Waals surface area contributed by atoms with Crippen molar-refractivity contribution in [2.45, 2.75) is 19.8 Å².